The van der Waals surface area contributed by atoms with Crippen molar-refractivity contribution in [2.45, 2.75) is 32.7 Å². The van der Waals surface area contributed by atoms with Crippen LogP contribution >= 0.6 is 0 Å². The van der Waals surface area contributed by atoms with Gasteiger partial charge in [-0.05, 0) is 36.5 Å². The van der Waals surface area contributed by atoms with E-state index < -0.39 is 0 Å². The van der Waals surface area contributed by atoms with Crippen LogP contribution in [-0.2, 0) is 0 Å². The maximum absolute atomic E-state index is 9.19. The highest BCUT2D eigenvalue weighted by atomic mass is 16.5. The monoisotopic (exact) mass is 336 g/mol. The first-order valence-corrected chi connectivity index (χ1v) is 8.46. The zero-order valence-electron chi connectivity index (χ0n) is 15.2. The highest BCUT2D eigenvalue weighted by Crippen LogP contribution is 2.40. The molecule has 1 aliphatic carbocycles. The summed E-state index contributed by atoms with van der Waals surface area (Å²) in [7, 11) is 3.70. The molecule has 0 N–H and O–H groups in total. The predicted octanol–water partition coefficient (Wildman–Crippen LogP) is 3.93. The molecule has 0 spiro atoms. The largest absolute Gasteiger partial charge is 0.495 e. The number of nitriles is 1. The van der Waals surface area contributed by atoms with Crippen molar-refractivity contribution in [3.8, 4) is 11.8 Å². The highest BCUT2D eigenvalue weighted by Gasteiger charge is 2.35. The standard InChI is InChI=1S/C20H24N4O/c1-20(2)8-7-17(24-10-9-22-14-24)12-19(20)23(3)16-6-5-15(13-21)18(11-16)25-4/h5-6,9-12,14,19H,7-8H2,1-4H3. The Kier molecular flexibility index (Phi) is 4.54. The minimum absolute atomic E-state index is 0.139. The van der Waals surface area contributed by atoms with E-state index in [0.29, 0.717) is 11.3 Å². The molecule has 2 aromatic rings. The smallest absolute Gasteiger partial charge is 0.138 e. The van der Waals surface area contributed by atoms with Gasteiger partial charge in [0, 0.05) is 36.9 Å². The van der Waals surface area contributed by atoms with E-state index >= 15 is 0 Å². The number of allylic oxidation sites excluding steroid dienone is 1. The van der Waals surface area contributed by atoms with Gasteiger partial charge >= 0.3 is 0 Å². The van der Waals surface area contributed by atoms with Crippen LogP contribution in [0.2, 0.25) is 0 Å². The fourth-order valence-corrected chi connectivity index (χ4v) is 3.52. The van der Waals surface area contributed by atoms with Crippen LogP contribution in [0.25, 0.3) is 5.70 Å². The summed E-state index contributed by atoms with van der Waals surface area (Å²) < 4.78 is 7.46. The molecule has 0 fully saturated rings. The molecular formula is C20H24N4O. The lowest BCUT2D eigenvalue weighted by atomic mass is 9.75. The second kappa shape index (κ2) is 6.64. The lowest BCUT2D eigenvalue weighted by molar-refractivity contribution is 0.283. The van der Waals surface area contributed by atoms with Crippen molar-refractivity contribution in [1.29, 1.82) is 5.26 Å². The number of benzene rings is 1. The third kappa shape index (κ3) is 3.25. The van der Waals surface area contributed by atoms with E-state index in [1.165, 1.54) is 5.70 Å². The van der Waals surface area contributed by atoms with Crippen LogP contribution in [0, 0.1) is 16.7 Å². The minimum Gasteiger partial charge on any atom is -0.495 e. The summed E-state index contributed by atoms with van der Waals surface area (Å²) in [5.41, 5.74) is 3.00. The number of anilines is 1. The summed E-state index contributed by atoms with van der Waals surface area (Å²) in [6, 6.07) is 8.14. The number of ether oxygens (including phenoxy) is 1. The first-order chi connectivity index (χ1) is 12.0. The number of nitrogens with zero attached hydrogens (tertiary/aromatic N) is 4. The topological polar surface area (TPSA) is 54.1 Å². The molecule has 130 valence electrons. The van der Waals surface area contributed by atoms with E-state index in [4.69, 9.17) is 4.74 Å². The second-order valence-electron chi connectivity index (χ2n) is 7.17. The van der Waals surface area contributed by atoms with E-state index in [1.807, 2.05) is 36.9 Å². The van der Waals surface area contributed by atoms with Crippen molar-refractivity contribution in [1.82, 2.24) is 9.55 Å². The Hall–Kier alpha value is -2.74. The van der Waals surface area contributed by atoms with E-state index in [9.17, 15) is 5.26 Å². The maximum Gasteiger partial charge on any atom is 0.138 e. The lowest BCUT2D eigenvalue weighted by Crippen LogP contribution is -2.44. The molecule has 1 heterocycles. The lowest BCUT2D eigenvalue weighted by Gasteiger charge is -2.43. The van der Waals surface area contributed by atoms with E-state index in [0.717, 1.165) is 18.5 Å². The van der Waals surface area contributed by atoms with Gasteiger partial charge in [-0.1, -0.05) is 13.8 Å². The second-order valence-corrected chi connectivity index (χ2v) is 7.17. The van der Waals surface area contributed by atoms with Gasteiger partial charge in [0.05, 0.1) is 25.0 Å². The number of aromatic nitrogens is 2. The summed E-state index contributed by atoms with van der Waals surface area (Å²) in [6.07, 6.45) is 10.1. The number of methoxy groups -OCH3 is 1. The third-order valence-corrected chi connectivity index (χ3v) is 5.14. The van der Waals surface area contributed by atoms with Crippen LogP contribution in [0.3, 0.4) is 0 Å². The normalized spacial score (nSPS) is 19.0. The van der Waals surface area contributed by atoms with Gasteiger partial charge < -0.3 is 14.2 Å². The van der Waals surface area contributed by atoms with Crippen molar-refractivity contribution in [3.63, 3.8) is 0 Å². The molecule has 5 nitrogen and oxygen atoms in total. The zero-order chi connectivity index (χ0) is 18.0. The van der Waals surface area contributed by atoms with Crippen molar-refractivity contribution >= 4 is 11.4 Å². The SMILES string of the molecule is COc1cc(N(C)C2C=C(n3ccnc3)CCC2(C)C)ccc1C#N. The molecule has 0 radical (unpaired) electrons. The third-order valence-electron chi connectivity index (χ3n) is 5.14. The average Bonchev–Trinajstić information content (AvgIpc) is 3.15. The number of likely N-dealkylation sites (N-methyl/N-ethyl adjacent to an activating group) is 1. The minimum atomic E-state index is 0.139. The highest BCUT2D eigenvalue weighted by molar-refractivity contribution is 5.60. The molecule has 1 aliphatic rings. The summed E-state index contributed by atoms with van der Waals surface area (Å²) in [4.78, 5) is 6.43. The van der Waals surface area contributed by atoms with Gasteiger partial charge in [0.1, 0.15) is 11.8 Å². The molecule has 1 unspecified atom stereocenters. The quantitative estimate of drug-likeness (QED) is 0.849. The Morgan fingerprint density at radius 3 is 2.84 bits per heavy atom. The molecule has 0 saturated heterocycles. The fourth-order valence-electron chi connectivity index (χ4n) is 3.52. The summed E-state index contributed by atoms with van der Waals surface area (Å²) in [5, 5.41) is 9.19. The molecule has 1 aromatic heterocycles. The predicted molar refractivity (Wildman–Crippen MR) is 99.4 cm³/mol. The molecule has 3 rings (SSSR count). The van der Waals surface area contributed by atoms with Gasteiger partial charge in [-0.2, -0.15) is 5.26 Å². The van der Waals surface area contributed by atoms with Gasteiger partial charge in [-0.15, -0.1) is 0 Å². The number of imidazole rings is 1. The van der Waals surface area contributed by atoms with Crippen molar-refractivity contribution in [2.24, 2.45) is 5.41 Å². The number of hydrogen-bond acceptors (Lipinski definition) is 4. The Morgan fingerprint density at radius 1 is 1.40 bits per heavy atom. The van der Waals surface area contributed by atoms with Gasteiger partial charge in [0.25, 0.3) is 0 Å². The van der Waals surface area contributed by atoms with Crippen LogP contribution in [0.1, 0.15) is 32.3 Å². The first-order valence-electron chi connectivity index (χ1n) is 8.46. The van der Waals surface area contributed by atoms with Gasteiger partial charge in [-0.25, -0.2) is 4.98 Å². The Morgan fingerprint density at radius 2 is 2.20 bits per heavy atom. The first kappa shape index (κ1) is 17.1. The number of rotatable bonds is 4. The Bertz CT molecular complexity index is 815. The summed E-state index contributed by atoms with van der Waals surface area (Å²) in [6.45, 7) is 4.60. The maximum atomic E-state index is 9.19. The Labute approximate surface area is 149 Å². The van der Waals surface area contributed by atoms with Crippen LogP contribution in [-0.4, -0.2) is 29.8 Å². The van der Waals surface area contributed by atoms with Gasteiger partial charge in [0.15, 0.2) is 0 Å². The molecule has 0 amide bonds. The summed E-state index contributed by atoms with van der Waals surface area (Å²) in [5.74, 6) is 0.610. The van der Waals surface area contributed by atoms with Crippen LogP contribution < -0.4 is 9.64 Å². The Balaban J connectivity index is 1.97. The zero-order valence-corrected chi connectivity index (χ0v) is 15.2. The van der Waals surface area contributed by atoms with E-state index in [-0.39, 0.29) is 11.5 Å². The average molecular weight is 336 g/mol. The van der Waals surface area contributed by atoms with Crippen LogP contribution in [0.5, 0.6) is 5.75 Å². The molecule has 5 heteroatoms. The molecule has 1 atom stereocenters. The van der Waals surface area contributed by atoms with Crippen LogP contribution in [0.15, 0.2) is 43.0 Å². The van der Waals surface area contributed by atoms with Crippen LogP contribution in [0.4, 0.5) is 5.69 Å². The molecule has 1 aromatic carbocycles. The fraction of sp³-hybridized carbons (Fsp3) is 0.400. The summed E-state index contributed by atoms with van der Waals surface area (Å²) >= 11 is 0. The molecule has 0 bridgehead atoms. The van der Waals surface area contributed by atoms with Crippen molar-refractivity contribution < 1.29 is 4.74 Å². The van der Waals surface area contributed by atoms with Crippen molar-refractivity contribution in [3.05, 3.63) is 48.6 Å². The van der Waals surface area contributed by atoms with E-state index in [2.05, 4.69) is 47.5 Å². The van der Waals surface area contributed by atoms with Crippen molar-refractivity contribution in [2.75, 3.05) is 19.1 Å². The van der Waals surface area contributed by atoms with E-state index in [1.54, 1.807) is 7.11 Å². The molecule has 25 heavy (non-hydrogen) atoms. The molecule has 0 saturated carbocycles. The molecular weight excluding hydrogens is 312 g/mol. The van der Waals surface area contributed by atoms with Gasteiger partial charge in [-0.3, -0.25) is 0 Å². The van der Waals surface area contributed by atoms with Gasteiger partial charge in [0.2, 0.25) is 0 Å². The molecule has 0 aliphatic heterocycles. The number of hydrogen-bond donors (Lipinski definition) is 0.